The quantitative estimate of drug-likeness (QED) is 0.480. The molecule has 0 aromatic heterocycles. The van der Waals surface area contributed by atoms with Crippen molar-refractivity contribution in [2.75, 3.05) is 0 Å². The van der Waals surface area contributed by atoms with Gasteiger partial charge in [-0.2, -0.15) is 13.2 Å². The van der Waals surface area contributed by atoms with Crippen molar-refractivity contribution < 1.29 is 22.0 Å². The zero-order valence-corrected chi connectivity index (χ0v) is 7.50. The van der Waals surface area contributed by atoms with Gasteiger partial charge in [-0.15, -0.1) is 0 Å². The molecule has 0 aliphatic rings. The fourth-order valence-electron chi connectivity index (χ4n) is 0.377. The second-order valence-corrected chi connectivity index (χ2v) is 7.55. The van der Waals surface area contributed by atoms with Crippen LogP contribution in [0.2, 0.25) is 19.6 Å². The van der Waals surface area contributed by atoms with Crippen molar-refractivity contribution in [2.45, 2.75) is 32.2 Å². The molecule has 11 heavy (non-hydrogen) atoms. The van der Waals surface area contributed by atoms with E-state index in [-0.39, 0.29) is 0 Å². The van der Waals surface area contributed by atoms with Crippen molar-refractivity contribution in [1.82, 2.24) is 0 Å². The third kappa shape index (κ3) is 5.20. The smallest absolute Gasteiger partial charge is 0.383 e. The maximum absolute atomic E-state index is 12.1. The molecule has 0 fully saturated rings. The van der Waals surface area contributed by atoms with E-state index in [0.717, 1.165) is 0 Å². The SMILES string of the molecule is C[Si](C)(C)OC(F)C(F)(F)F. The molecule has 0 bridgehead atoms. The summed E-state index contributed by atoms with van der Waals surface area (Å²) in [7, 11) is -2.43. The predicted octanol–water partition coefficient (Wildman–Crippen LogP) is 2.70. The summed E-state index contributed by atoms with van der Waals surface area (Å²) in [5, 5.41) is 0. The monoisotopic (exact) mass is 190 g/mol. The Kier molecular flexibility index (Phi) is 3.07. The van der Waals surface area contributed by atoms with Crippen molar-refractivity contribution >= 4 is 8.32 Å². The van der Waals surface area contributed by atoms with Gasteiger partial charge in [0.05, 0.1) is 0 Å². The molecule has 0 amide bonds. The lowest BCUT2D eigenvalue weighted by Gasteiger charge is -2.22. The molecule has 1 unspecified atom stereocenters. The van der Waals surface area contributed by atoms with E-state index in [1.165, 1.54) is 19.6 Å². The maximum Gasteiger partial charge on any atom is 0.444 e. The Morgan fingerprint density at radius 3 is 1.64 bits per heavy atom. The first-order valence-corrected chi connectivity index (χ1v) is 6.42. The molecule has 0 aliphatic carbocycles. The van der Waals surface area contributed by atoms with E-state index < -0.39 is 20.9 Å². The Hall–Kier alpha value is -0.103. The zero-order valence-electron chi connectivity index (χ0n) is 6.50. The summed E-state index contributed by atoms with van der Waals surface area (Å²) in [4.78, 5) is 0. The molecule has 68 valence electrons. The van der Waals surface area contributed by atoms with Gasteiger partial charge in [-0.25, -0.2) is 4.39 Å². The molecule has 0 N–H and O–H groups in total. The Labute approximate surface area is 63.5 Å². The van der Waals surface area contributed by atoms with Gasteiger partial charge in [-0.1, -0.05) is 0 Å². The van der Waals surface area contributed by atoms with Crippen LogP contribution in [0.15, 0.2) is 0 Å². The molecule has 0 heterocycles. The lowest BCUT2D eigenvalue weighted by atomic mass is 10.7. The van der Waals surface area contributed by atoms with Gasteiger partial charge in [0.1, 0.15) is 0 Å². The highest BCUT2D eigenvalue weighted by atomic mass is 28.4. The average molecular weight is 190 g/mol. The van der Waals surface area contributed by atoms with Crippen LogP contribution in [-0.2, 0) is 4.43 Å². The highest BCUT2D eigenvalue weighted by Crippen LogP contribution is 2.26. The van der Waals surface area contributed by atoms with Gasteiger partial charge in [0.25, 0.3) is 6.36 Å². The number of hydrogen-bond acceptors (Lipinski definition) is 1. The van der Waals surface area contributed by atoms with Gasteiger partial charge in [0.15, 0.2) is 8.32 Å². The van der Waals surface area contributed by atoms with Crippen LogP contribution >= 0.6 is 0 Å². The van der Waals surface area contributed by atoms with Gasteiger partial charge >= 0.3 is 6.18 Å². The second-order valence-electron chi connectivity index (χ2n) is 3.09. The Morgan fingerprint density at radius 1 is 1.18 bits per heavy atom. The van der Waals surface area contributed by atoms with Crippen molar-refractivity contribution in [3.63, 3.8) is 0 Å². The molecule has 0 saturated carbocycles. The summed E-state index contributed by atoms with van der Waals surface area (Å²) in [5.41, 5.74) is 0. The fraction of sp³-hybridized carbons (Fsp3) is 1.00. The Morgan fingerprint density at radius 2 is 1.55 bits per heavy atom. The minimum Gasteiger partial charge on any atom is -0.383 e. The normalized spacial score (nSPS) is 16.6. The molecule has 0 saturated heterocycles. The third-order valence-corrected chi connectivity index (χ3v) is 1.63. The standard InChI is InChI=1S/C5H10F4OSi/c1-11(2,3)10-4(6)5(7,8)9/h4H,1-3H3. The van der Waals surface area contributed by atoms with Crippen LogP contribution < -0.4 is 0 Å². The van der Waals surface area contributed by atoms with E-state index in [1.54, 1.807) is 0 Å². The first-order chi connectivity index (χ1) is 4.63. The molecular weight excluding hydrogens is 180 g/mol. The minimum atomic E-state index is -4.89. The molecule has 6 heteroatoms. The van der Waals surface area contributed by atoms with Gasteiger partial charge in [-0.05, 0) is 19.6 Å². The van der Waals surface area contributed by atoms with E-state index >= 15 is 0 Å². The zero-order chi connectivity index (χ0) is 9.28. The van der Waals surface area contributed by atoms with Gasteiger partial charge in [0.2, 0.25) is 0 Å². The first-order valence-electron chi connectivity index (χ1n) is 3.01. The summed E-state index contributed by atoms with van der Waals surface area (Å²) in [6.45, 7) is 4.47. The van der Waals surface area contributed by atoms with E-state index in [1.807, 2.05) is 0 Å². The lowest BCUT2D eigenvalue weighted by molar-refractivity contribution is -0.239. The van der Waals surface area contributed by atoms with Gasteiger partial charge < -0.3 is 4.43 Å². The summed E-state index contributed by atoms with van der Waals surface area (Å²) in [6.07, 6.45) is -8.02. The minimum absolute atomic E-state index is 1.49. The number of hydrogen-bond donors (Lipinski definition) is 0. The van der Waals surface area contributed by atoms with Crippen LogP contribution in [0.3, 0.4) is 0 Å². The van der Waals surface area contributed by atoms with Crippen LogP contribution in [-0.4, -0.2) is 20.9 Å². The van der Waals surface area contributed by atoms with E-state index in [2.05, 4.69) is 4.43 Å². The van der Waals surface area contributed by atoms with Crippen LogP contribution in [0.1, 0.15) is 0 Å². The van der Waals surface area contributed by atoms with Crippen LogP contribution in [0.4, 0.5) is 17.6 Å². The molecule has 0 spiro atoms. The Balaban J connectivity index is 3.99. The van der Waals surface area contributed by atoms with E-state index in [9.17, 15) is 17.6 Å². The topological polar surface area (TPSA) is 9.23 Å². The van der Waals surface area contributed by atoms with Crippen LogP contribution in [0, 0.1) is 0 Å². The van der Waals surface area contributed by atoms with Crippen LogP contribution in [0.25, 0.3) is 0 Å². The molecule has 0 aliphatic heterocycles. The second kappa shape index (κ2) is 3.10. The van der Waals surface area contributed by atoms with Crippen molar-refractivity contribution in [1.29, 1.82) is 0 Å². The van der Waals surface area contributed by atoms with Crippen molar-refractivity contribution in [2.24, 2.45) is 0 Å². The fourth-order valence-corrected chi connectivity index (χ4v) is 1.13. The Bertz CT molecular complexity index is 127. The number of rotatable bonds is 2. The number of halogens is 4. The molecule has 0 radical (unpaired) electrons. The van der Waals surface area contributed by atoms with Crippen molar-refractivity contribution in [3.8, 4) is 0 Å². The molecule has 1 nitrogen and oxygen atoms in total. The summed E-state index contributed by atoms with van der Waals surface area (Å²) in [5.74, 6) is 0. The van der Waals surface area contributed by atoms with Gasteiger partial charge in [0, 0.05) is 0 Å². The predicted molar refractivity (Wildman–Crippen MR) is 35.4 cm³/mol. The maximum atomic E-state index is 12.1. The molecule has 1 atom stereocenters. The molecule has 0 aromatic carbocycles. The highest BCUT2D eigenvalue weighted by Gasteiger charge is 2.43. The lowest BCUT2D eigenvalue weighted by Crippen LogP contribution is -2.37. The molecule has 0 rings (SSSR count). The largest absolute Gasteiger partial charge is 0.444 e. The third-order valence-electron chi connectivity index (χ3n) is 0.714. The van der Waals surface area contributed by atoms with E-state index in [0.29, 0.717) is 0 Å². The highest BCUT2D eigenvalue weighted by molar-refractivity contribution is 6.69. The summed E-state index contributed by atoms with van der Waals surface area (Å²) < 4.78 is 50.7. The average Bonchev–Trinajstić information content (AvgIpc) is 1.56. The van der Waals surface area contributed by atoms with Gasteiger partial charge in [-0.3, -0.25) is 0 Å². The molecule has 0 aromatic rings. The van der Waals surface area contributed by atoms with Crippen LogP contribution in [0.5, 0.6) is 0 Å². The van der Waals surface area contributed by atoms with Crippen molar-refractivity contribution in [3.05, 3.63) is 0 Å². The number of alkyl halides is 4. The van der Waals surface area contributed by atoms with E-state index in [4.69, 9.17) is 0 Å². The first kappa shape index (κ1) is 10.9. The summed E-state index contributed by atoms with van der Waals surface area (Å²) >= 11 is 0. The summed E-state index contributed by atoms with van der Waals surface area (Å²) in [6, 6.07) is 0. The molecular formula is C5H10F4OSi.